The average Bonchev–Trinajstić information content (AvgIpc) is 3.15. The number of hydrogen-bond donors (Lipinski definition) is 0. The number of halogens is 3. The quantitative estimate of drug-likeness (QED) is 0.299. The van der Waals surface area contributed by atoms with Gasteiger partial charge in [-0.1, -0.05) is 23.7 Å². The summed E-state index contributed by atoms with van der Waals surface area (Å²) >= 11 is 6.43. The van der Waals surface area contributed by atoms with Gasteiger partial charge in [-0.05, 0) is 39.0 Å². The molecule has 0 radical (unpaired) electrons. The van der Waals surface area contributed by atoms with Crippen LogP contribution in [-0.4, -0.2) is 37.3 Å². The minimum absolute atomic E-state index is 0.0428. The van der Waals surface area contributed by atoms with Crippen LogP contribution in [0.1, 0.15) is 31.9 Å². The first-order valence-electron chi connectivity index (χ1n) is 10.2. The molecular weight excluding hydrogens is 452 g/mol. The summed E-state index contributed by atoms with van der Waals surface area (Å²) in [4.78, 5) is 25.4. The van der Waals surface area contributed by atoms with Gasteiger partial charge in [0.05, 0.1) is 24.0 Å². The Bertz CT molecular complexity index is 1360. The van der Waals surface area contributed by atoms with Gasteiger partial charge in [-0.2, -0.15) is 5.10 Å². The third kappa shape index (κ3) is 4.16. The lowest BCUT2D eigenvalue weighted by atomic mass is 9.86. The fraction of sp³-hybridized carbons (Fsp3) is 0.261. The van der Waals surface area contributed by atoms with Crippen molar-refractivity contribution in [1.29, 1.82) is 0 Å². The van der Waals surface area contributed by atoms with Gasteiger partial charge in [0, 0.05) is 23.5 Å². The molecule has 0 unspecified atom stereocenters. The van der Waals surface area contributed by atoms with Crippen molar-refractivity contribution >= 4 is 28.6 Å². The van der Waals surface area contributed by atoms with Crippen LogP contribution in [0.5, 0.6) is 0 Å². The van der Waals surface area contributed by atoms with E-state index in [1.165, 1.54) is 23.0 Å². The first-order valence-corrected chi connectivity index (χ1v) is 10.6. The van der Waals surface area contributed by atoms with Gasteiger partial charge in [-0.25, -0.2) is 28.4 Å². The van der Waals surface area contributed by atoms with Gasteiger partial charge in [-0.3, -0.25) is 4.79 Å². The summed E-state index contributed by atoms with van der Waals surface area (Å²) in [6.07, 6.45) is 3.04. The summed E-state index contributed by atoms with van der Waals surface area (Å²) in [5.74, 6) is -2.12. The van der Waals surface area contributed by atoms with Gasteiger partial charge in [0.2, 0.25) is 0 Å². The number of pyridine rings is 1. The lowest BCUT2D eigenvalue weighted by Crippen LogP contribution is -2.32. The number of carbonyl (C=O) groups excluding carboxylic acids is 1. The molecule has 0 bridgehead atoms. The number of rotatable bonds is 6. The molecule has 3 aromatic heterocycles. The highest BCUT2D eigenvalue weighted by Gasteiger charge is 2.35. The predicted molar refractivity (Wildman–Crippen MR) is 119 cm³/mol. The number of aromatic nitrogens is 5. The van der Waals surface area contributed by atoms with E-state index in [0.717, 1.165) is 6.07 Å². The maximum atomic E-state index is 14.2. The molecule has 4 rings (SSSR count). The molecule has 0 atom stereocenters. The Hall–Kier alpha value is -3.46. The summed E-state index contributed by atoms with van der Waals surface area (Å²) in [7, 11) is 0. The van der Waals surface area contributed by atoms with E-state index in [4.69, 9.17) is 16.3 Å². The lowest BCUT2D eigenvalue weighted by Gasteiger charge is -2.23. The van der Waals surface area contributed by atoms with Crippen molar-refractivity contribution in [1.82, 2.24) is 24.7 Å². The number of carbonyl (C=O) groups is 1. The van der Waals surface area contributed by atoms with Gasteiger partial charge >= 0.3 is 5.97 Å². The van der Waals surface area contributed by atoms with Crippen LogP contribution < -0.4 is 0 Å². The first-order chi connectivity index (χ1) is 15.7. The third-order valence-corrected chi connectivity index (χ3v) is 5.56. The highest BCUT2D eigenvalue weighted by Crippen LogP contribution is 2.32. The van der Waals surface area contributed by atoms with Crippen LogP contribution in [-0.2, 0) is 21.5 Å². The smallest absolute Gasteiger partial charge is 0.316 e. The van der Waals surface area contributed by atoms with Crippen molar-refractivity contribution in [2.45, 2.75) is 32.7 Å². The molecule has 0 saturated carbocycles. The minimum Gasteiger partial charge on any atom is -0.465 e. The lowest BCUT2D eigenvalue weighted by molar-refractivity contribution is -0.148. The molecule has 0 aliphatic carbocycles. The van der Waals surface area contributed by atoms with Crippen LogP contribution >= 0.6 is 11.6 Å². The molecule has 170 valence electrons. The van der Waals surface area contributed by atoms with Crippen LogP contribution in [0, 0.1) is 11.6 Å². The molecule has 0 N–H and O–H groups in total. The SMILES string of the molecule is CCOC(=O)C(C)(C)c1cnc(-c2nn(Cc3cccc(F)c3F)c3ncccc23)nc1Cl. The van der Waals surface area contributed by atoms with Gasteiger partial charge in [0.15, 0.2) is 23.1 Å². The van der Waals surface area contributed by atoms with E-state index in [-0.39, 0.29) is 29.7 Å². The van der Waals surface area contributed by atoms with E-state index in [1.807, 2.05) is 0 Å². The predicted octanol–water partition coefficient (Wildman–Crippen LogP) is 4.71. The van der Waals surface area contributed by atoms with Gasteiger partial charge in [0.25, 0.3) is 0 Å². The van der Waals surface area contributed by atoms with Gasteiger partial charge < -0.3 is 4.74 Å². The van der Waals surface area contributed by atoms with Crippen molar-refractivity contribution in [2.24, 2.45) is 0 Å². The highest BCUT2D eigenvalue weighted by atomic mass is 35.5. The topological polar surface area (TPSA) is 82.8 Å². The molecule has 4 aromatic rings. The second-order valence-corrected chi connectivity index (χ2v) is 8.20. The third-order valence-electron chi connectivity index (χ3n) is 5.27. The Balaban J connectivity index is 1.77. The molecule has 0 saturated heterocycles. The zero-order valence-corrected chi connectivity index (χ0v) is 18.9. The second kappa shape index (κ2) is 8.82. The summed E-state index contributed by atoms with van der Waals surface area (Å²) in [5.41, 5.74) is 0.310. The van der Waals surface area contributed by atoms with Crippen LogP contribution in [0.15, 0.2) is 42.7 Å². The van der Waals surface area contributed by atoms with Crippen molar-refractivity contribution in [3.63, 3.8) is 0 Å². The van der Waals surface area contributed by atoms with E-state index < -0.39 is 23.0 Å². The highest BCUT2D eigenvalue weighted by molar-refractivity contribution is 6.30. The Morgan fingerprint density at radius 1 is 1.18 bits per heavy atom. The Morgan fingerprint density at radius 3 is 2.70 bits per heavy atom. The normalized spacial score (nSPS) is 11.7. The second-order valence-electron chi connectivity index (χ2n) is 7.84. The zero-order valence-electron chi connectivity index (χ0n) is 18.1. The molecular formula is C23H20ClF2N5O2. The van der Waals surface area contributed by atoms with E-state index in [2.05, 4.69) is 20.1 Å². The molecule has 33 heavy (non-hydrogen) atoms. The van der Waals surface area contributed by atoms with Crippen molar-refractivity contribution < 1.29 is 18.3 Å². The summed E-state index contributed by atoms with van der Waals surface area (Å²) < 4.78 is 34.5. The first kappa shape index (κ1) is 22.7. The van der Waals surface area contributed by atoms with Crippen molar-refractivity contribution in [2.75, 3.05) is 6.61 Å². The summed E-state index contributed by atoms with van der Waals surface area (Å²) in [6, 6.07) is 7.46. The zero-order chi connectivity index (χ0) is 23.8. The Morgan fingerprint density at radius 2 is 1.97 bits per heavy atom. The molecule has 1 aromatic carbocycles. The maximum absolute atomic E-state index is 14.2. The monoisotopic (exact) mass is 471 g/mol. The summed E-state index contributed by atoms with van der Waals surface area (Å²) in [5, 5.41) is 5.21. The van der Waals surface area contributed by atoms with Crippen LogP contribution in [0.3, 0.4) is 0 Å². The van der Waals surface area contributed by atoms with Crippen LogP contribution in [0.4, 0.5) is 8.78 Å². The van der Waals surface area contributed by atoms with E-state index >= 15 is 0 Å². The van der Waals surface area contributed by atoms with Crippen molar-refractivity contribution in [3.05, 3.63) is 70.6 Å². The number of hydrogen-bond acceptors (Lipinski definition) is 6. The molecule has 10 heteroatoms. The number of ether oxygens (including phenoxy) is 1. The molecule has 0 spiro atoms. The molecule has 0 fully saturated rings. The van der Waals surface area contributed by atoms with Crippen LogP contribution in [0.2, 0.25) is 5.15 Å². The fourth-order valence-corrected chi connectivity index (χ4v) is 3.80. The number of benzene rings is 1. The van der Waals surface area contributed by atoms with Crippen molar-refractivity contribution in [3.8, 4) is 11.5 Å². The molecule has 0 amide bonds. The Labute approximate surface area is 193 Å². The van der Waals surface area contributed by atoms with E-state index in [1.54, 1.807) is 39.1 Å². The van der Waals surface area contributed by atoms with E-state index in [0.29, 0.717) is 22.3 Å². The molecule has 7 nitrogen and oxygen atoms in total. The van der Waals surface area contributed by atoms with Gasteiger partial charge in [-0.15, -0.1) is 0 Å². The number of nitrogens with zero attached hydrogens (tertiary/aromatic N) is 5. The number of fused-ring (bicyclic) bond motifs is 1. The number of esters is 1. The van der Waals surface area contributed by atoms with E-state index in [9.17, 15) is 13.6 Å². The fourth-order valence-electron chi connectivity index (χ4n) is 3.43. The molecule has 3 heterocycles. The average molecular weight is 472 g/mol. The molecule has 0 aliphatic rings. The molecule has 0 aliphatic heterocycles. The maximum Gasteiger partial charge on any atom is 0.316 e. The minimum atomic E-state index is -1.05. The summed E-state index contributed by atoms with van der Waals surface area (Å²) in [6.45, 7) is 5.27. The van der Waals surface area contributed by atoms with Gasteiger partial charge in [0.1, 0.15) is 10.8 Å². The Kier molecular flexibility index (Phi) is 6.07. The largest absolute Gasteiger partial charge is 0.465 e. The van der Waals surface area contributed by atoms with Crippen LogP contribution in [0.25, 0.3) is 22.6 Å². The standard InChI is InChI=1S/C23H20ClF2N5O2/c1-4-33-22(32)23(2,3)15-11-28-20(29-19(15)24)18-14-8-6-10-27-21(14)31(30-18)12-13-7-5-9-16(25)17(13)26/h5-11H,4,12H2,1-3H3.